The summed E-state index contributed by atoms with van der Waals surface area (Å²) in [5.74, 6) is -1.10. The number of carbonyl (C=O) groups is 2. The molecule has 0 spiro atoms. The number of Topliss-reactive ketones (excluding diaryl/α,β-unsaturated/α-hetero) is 1. The molecule has 2 aliphatic rings. The zero-order valence-electron chi connectivity index (χ0n) is 14.7. The highest BCUT2D eigenvalue weighted by molar-refractivity contribution is 7.09. The summed E-state index contributed by atoms with van der Waals surface area (Å²) in [6, 6.07) is 7.81. The van der Waals surface area contributed by atoms with Crippen molar-refractivity contribution in [2.45, 2.75) is 25.4 Å². The first-order chi connectivity index (χ1) is 13.0. The second-order valence-corrected chi connectivity index (χ2v) is 7.78. The van der Waals surface area contributed by atoms with Gasteiger partial charge in [-0.2, -0.15) is 0 Å². The van der Waals surface area contributed by atoms with Gasteiger partial charge in [0, 0.05) is 10.8 Å². The van der Waals surface area contributed by atoms with Crippen molar-refractivity contribution >= 4 is 23.0 Å². The number of aliphatic hydroxyl groups excluding tert-OH is 1. The number of methoxy groups -OCH3 is 1. The minimum absolute atomic E-state index is 0.0290. The number of aliphatic hydroxyl groups is 1. The van der Waals surface area contributed by atoms with E-state index in [0.29, 0.717) is 5.56 Å². The third kappa shape index (κ3) is 3.08. The lowest BCUT2D eigenvalue weighted by Crippen LogP contribution is -2.30. The van der Waals surface area contributed by atoms with Crippen molar-refractivity contribution < 1.29 is 24.5 Å². The van der Waals surface area contributed by atoms with Gasteiger partial charge in [-0.1, -0.05) is 12.1 Å². The first-order valence-electron chi connectivity index (χ1n) is 8.69. The molecule has 0 saturated heterocycles. The lowest BCUT2D eigenvalue weighted by molar-refractivity contribution is -0.130. The highest BCUT2D eigenvalue weighted by Crippen LogP contribution is 2.45. The maximum Gasteiger partial charge on any atom is 0.290 e. The molecule has 0 bridgehead atoms. The van der Waals surface area contributed by atoms with Crippen molar-refractivity contribution in [3.05, 3.63) is 57.5 Å². The summed E-state index contributed by atoms with van der Waals surface area (Å²) in [5.41, 5.74) is 0.759. The number of hydrogen-bond acceptors (Lipinski definition) is 6. The van der Waals surface area contributed by atoms with Gasteiger partial charge in [-0.15, -0.1) is 11.3 Å². The Bertz CT molecular complexity index is 930. The lowest BCUT2D eigenvalue weighted by Gasteiger charge is -2.27. The first-order valence-corrected chi connectivity index (χ1v) is 9.56. The zero-order valence-corrected chi connectivity index (χ0v) is 15.5. The number of amides is 1. The molecule has 1 aliphatic carbocycles. The average molecular weight is 385 g/mol. The predicted octanol–water partition coefficient (Wildman–Crippen LogP) is 3.34. The molecular weight excluding hydrogens is 366 g/mol. The van der Waals surface area contributed by atoms with Crippen molar-refractivity contribution in [3.63, 3.8) is 0 Å². The van der Waals surface area contributed by atoms with Crippen LogP contribution < -0.4 is 4.74 Å². The quantitative estimate of drug-likeness (QED) is 0.796. The van der Waals surface area contributed by atoms with Gasteiger partial charge in [-0.25, -0.2) is 0 Å². The highest BCUT2D eigenvalue weighted by Gasteiger charge is 2.47. The summed E-state index contributed by atoms with van der Waals surface area (Å²) in [5, 5.41) is 22.3. The number of phenols is 1. The molecule has 2 aromatic rings. The molecule has 1 fully saturated rings. The normalized spacial score (nSPS) is 19.7. The fourth-order valence-electron chi connectivity index (χ4n) is 3.42. The number of nitrogens with zero attached hydrogens (tertiary/aromatic N) is 1. The van der Waals surface area contributed by atoms with Gasteiger partial charge < -0.3 is 19.8 Å². The van der Waals surface area contributed by atoms with Gasteiger partial charge in [-0.3, -0.25) is 9.59 Å². The smallest absolute Gasteiger partial charge is 0.290 e. The molecular formula is C20H19NO5S. The monoisotopic (exact) mass is 385 g/mol. The maximum atomic E-state index is 12.8. The van der Waals surface area contributed by atoms with E-state index in [-0.39, 0.29) is 35.3 Å². The van der Waals surface area contributed by atoms with Gasteiger partial charge in [0.05, 0.1) is 25.3 Å². The molecule has 1 amide bonds. The Balaban J connectivity index is 1.79. The Kier molecular flexibility index (Phi) is 4.39. The van der Waals surface area contributed by atoms with Gasteiger partial charge in [0.2, 0.25) is 0 Å². The van der Waals surface area contributed by atoms with Crippen LogP contribution in [0.3, 0.4) is 0 Å². The number of rotatable bonds is 6. The zero-order chi connectivity index (χ0) is 19.1. The minimum atomic E-state index is -0.706. The molecule has 1 saturated carbocycles. The number of carbonyl (C=O) groups excluding carboxylic acids is 2. The van der Waals surface area contributed by atoms with E-state index in [1.165, 1.54) is 29.4 Å². The lowest BCUT2D eigenvalue weighted by atomic mass is 9.94. The van der Waals surface area contributed by atoms with E-state index < -0.39 is 17.7 Å². The summed E-state index contributed by atoms with van der Waals surface area (Å²) >= 11 is 1.50. The molecule has 1 atom stereocenters. The van der Waals surface area contributed by atoms with Crippen LogP contribution in [-0.2, 0) is 16.1 Å². The van der Waals surface area contributed by atoms with Gasteiger partial charge in [0.1, 0.15) is 0 Å². The third-order valence-corrected chi connectivity index (χ3v) is 5.80. The second-order valence-electron chi connectivity index (χ2n) is 6.75. The molecule has 2 heterocycles. The molecule has 7 heteroatoms. The number of thiophene rings is 1. The maximum absolute atomic E-state index is 12.8. The Morgan fingerprint density at radius 1 is 1.30 bits per heavy atom. The van der Waals surface area contributed by atoms with Crippen LogP contribution >= 0.6 is 11.3 Å². The van der Waals surface area contributed by atoms with Crippen LogP contribution in [0, 0.1) is 5.92 Å². The van der Waals surface area contributed by atoms with Gasteiger partial charge in [0.15, 0.2) is 23.0 Å². The number of aromatic hydroxyl groups is 1. The molecule has 4 rings (SSSR count). The fourth-order valence-corrected chi connectivity index (χ4v) is 4.12. The van der Waals surface area contributed by atoms with E-state index in [0.717, 1.165) is 17.7 Å². The van der Waals surface area contributed by atoms with E-state index in [2.05, 4.69) is 0 Å². The summed E-state index contributed by atoms with van der Waals surface area (Å²) in [6.07, 6.45) is 1.56. The molecule has 1 aromatic carbocycles. The Morgan fingerprint density at radius 3 is 2.70 bits per heavy atom. The van der Waals surface area contributed by atoms with E-state index in [1.54, 1.807) is 12.1 Å². The molecule has 0 radical (unpaired) electrons. The highest BCUT2D eigenvalue weighted by atomic mass is 32.1. The average Bonchev–Trinajstić information content (AvgIpc) is 3.34. The first kappa shape index (κ1) is 17.6. The molecule has 1 aromatic heterocycles. The van der Waals surface area contributed by atoms with Crippen molar-refractivity contribution in [1.82, 2.24) is 4.90 Å². The van der Waals surface area contributed by atoms with Crippen LogP contribution in [0.5, 0.6) is 11.5 Å². The van der Waals surface area contributed by atoms with Crippen LogP contribution in [0.15, 0.2) is 47.0 Å². The molecule has 2 N–H and O–H groups in total. The van der Waals surface area contributed by atoms with E-state index in [4.69, 9.17) is 4.74 Å². The van der Waals surface area contributed by atoms with Gasteiger partial charge >= 0.3 is 0 Å². The number of hydrogen-bond donors (Lipinski definition) is 2. The predicted molar refractivity (Wildman–Crippen MR) is 99.7 cm³/mol. The van der Waals surface area contributed by atoms with Gasteiger partial charge in [0.25, 0.3) is 5.91 Å². The van der Waals surface area contributed by atoms with E-state index in [9.17, 15) is 19.8 Å². The Morgan fingerprint density at radius 2 is 2.07 bits per heavy atom. The summed E-state index contributed by atoms with van der Waals surface area (Å²) in [7, 11) is 1.44. The topological polar surface area (TPSA) is 87.1 Å². The van der Waals surface area contributed by atoms with Crippen molar-refractivity contribution in [2.24, 2.45) is 5.92 Å². The second kappa shape index (κ2) is 6.74. The van der Waals surface area contributed by atoms with E-state index in [1.807, 2.05) is 17.5 Å². The Hall–Kier alpha value is -2.80. The van der Waals surface area contributed by atoms with Crippen molar-refractivity contribution in [1.29, 1.82) is 0 Å². The fraction of sp³-hybridized carbons (Fsp3) is 0.300. The molecule has 27 heavy (non-hydrogen) atoms. The summed E-state index contributed by atoms with van der Waals surface area (Å²) in [6.45, 7) is 0.288. The molecule has 140 valence electrons. The van der Waals surface area contributed by atoms with Crippen LogP contribution in [0.25, 0.3) is 0 Å². The molecule has 6 nitrogen and oxygen atoms in total. The van der Waals surface area contributed by atoms with Gasteiger partial charge in [-0.05, 0) is 42.0 Å². The van der Waals surface area contributed by atoms with Crippen molar-refractivity contribution in [2.75, 3.05) is 7.11 Å². The summed E-state index contributed by atoms with van der Waals surface area (Å²) < 4.78 is 5.18. The minimum Gasteiger partial charge on any atom is -0.504 e. The molecule has 1 unspecified atom stereocenters. The SMILES string of the molecule is COc1cc(C2C(C(=O)C3CC3)=C(O)C(=O)N2Cc2cccs2)ccc1O. The number of phenolic OH excluding ortho intramolecular Hbond substituents is 1. The van der Waals surface area contributed by atoms with Crippen LogP contribution in [0.2, 0.25) is 0 Å². The summed E-state index contributed by atoms with van der Waals surface area (Å²) in [4.78, 5) is 28.1. The van der Waals surface area contributed by atoms with Crippen LogP contribution in [0.1, 0.15) is 29.3 Å². The van der Waals surface area contributed by atoms with E-state index >= 15 is 0 Å². The third-order valence-electron chi connectivity index (χ3n) is 4.94. The Labute approximate surface area is 160 Å². The number of ether oxygens (including phenoxy) is 1. The molecule has 1 aliphatic heterocycles. The number of ketones is 1. The standard InChI is InChI=1S/C20H19NO5S/c1-26-15-9-12(6-7-14(15)22)17-16(18(23)11-4-5-11)19(24)20(25)21(17)10-13-3-2-8-27-13/h2-3,6-9,11,17,22,24H,4-5,10H2,1H3. The largest absolute Gasteiger partial charge is 0.504 e. The van der Waals surface area contributed by atoms with Crippen molar-refractivity contribution in [3.8, 4) is 11.5 Å². The number of benzene rings is 1. The van der Waals surface area contributed by atoms with Crippen LogP contribution in [0.4, 0.5) is 0 Å². The van der Waals surface area contributed by atoms with Crippen LogP contribution in [-0.4, -0.2) is 33.9 Å².